The van der Waals surface area contributed by atoms with Gasteiger partial charge in [-0.3, -0.25) is 0 Å². The standard InChI is InChI=1S/C12H20N2S/c1-10(2)6-7-15-12-5-4-11(8-13-3)9-14-12/h4-5,9-10,13H,6-8H2,1-3H3. The van der Waals surface area contributed by atoms with Gasteiger partial charge in [-0.15, -0.1) is 11.8 Å². The van der Waals surface area contributed by atoms with Crippen molar-refractivity contribution in [3.8, 4) is 0 Å². The van der Waals surface area contributed by atoms with E-state index < -0.39 is 0 Å². The van der Waals surface area contributed by atoms with Crippen LogP contribution in [0.25, 0.3) is 0 Å². The molecule has 0 saturated carbocycles. The molecule has 15 heavy (non-hydrogen) atoms. The number of nitrogens with zero attached hydrogens (tertiary/aromatic N) is 1. The summed E-state index contributed by atoms with van der Waals surface area (Å²) in [5.41, 5.74) is 1.24. The zero-order valence-corrected chi connectivity index (χ0v) is 10.6. The molecule has 0 unspecified atom stereocenters. The first-order valence-corrected chi connectivity index (χ1v) is 6.43. The molecule has 1 rings (SSSR count). The van der Waals surface area contributed by atoms with E-state index in [0.29, 0.717) is 0 Å². The van der Waals surface area contributed by atoms with Gasteiger partial charge in [0.1, 0.15) is 0 Å². The Bertz CT molecular complexity index is 269. The maximum absolute atomic E-state index is 4.42. The summed E-state index contributed by atoms with van der Waals surface area (Å²) in [6.45, 7) is 5.40. The Morgan fingerprint density at radius 2 is 2.20 bits per heavy atom. The molecule has 0 amide bonds. The van der Waals surface area contributed by atoms with E-state index in [1.165, 1.54) is 12.0 Å². The zero-order chi connectivity index (χ0) is 11.1. The Labute approximate surface area is 96.9 Å². The molecule has 0 fully saturated rings. The van der Waals surface area contributed by atoms with Gasteiger partial charge in [-0.05, 0) is 36.8 Å². The van der Waals surface area contributed by atoms with Crippen molar-refractivity contribution in [2.45, 2.75) is 31.8 Å². The van der Waals surface area contributed by atoms with E-state index in [-0.39, 0.29) is 0 Å². The summed E-state index contributed by atoms with van der Waals surface area (Å²) in [5.74, 6) is 1.94. The van der Waals surface area contributed by atoms with Crippen molar-refractivity contribution in [1.29, 1.82) is 0 Å². The van der Waals surface area contributed by atoms with Crippen molar-refractivity contribution in [2.24, 2.45) is 5.92 Å². The molecule has 2 nitrogen and oxygen atoms in total. The highest BCUT2D eigenvalue weighted by Crippen LogP contribution is 2.18. The van der Waals surface area contributed by atoms with Gasteiger partial charge in [-0.1, -0.05) is 19.9 Å². The normalized spacial score (nSPS) is 10.9. The number of nitrogens with one attached hydrogen (secondary N) is 1. The van der Waals surface area contributed by atoms with Gasteiger partial charge in [-0.25, -0.2) is 4.98 Å². The Morgan fingerprint density at radius 3 is 2.73 bits per heavy atom. The molecule has 0 aliphatic rings. The second-order valence-corrected chi connectivity index (χ2v) is 5.18. The summed E-state index contributed by atoms with van der Waals surface area (Å²) in [6, 6.07) is 4.25. The summed E-state index contributed by atoms with van der Waals surface area (Å²) >= 11 is 1.84. The van der Waals surface area contributed by atoms with E-state index in [1.54, 1.807) is 0 Å². The van der Waals surface area contributed by atoms with Crippen LogP contribution in [0.1, 0.15) is 25.8 Å². The van der Waals surface area contributed by atoms with E-state index in [0.717, 1.165) is 23.2 Å². The maximum atomic E-state index is 4.42. The molecule has 84 valence electrons. The van der Waals surface area contributed by atoms with E-state index in [4.69, 9.17) is 0 Å². The largest absolute Gasteiger partial charge is 0.316 e. The van der Waals surface area contributed by atoms with Crippen LogP contribution in [-0.4, -0.2) is 17.8 Å². The molecule has 0 aromatic carbocycles. The number of hydrogen-bond donors (Lipinski definition) is 1. The minimum absolute atomic E-state index is 0.779. The number of hydrogen-bond acceptors (Lipinski definition) is 3. The molecule has 0 spiro atoms. The van der Waals surface area contributed by atoms with Gasteiger partial charge in [0.15, 0.2) is 0 Å². The number of rotatable bonds is 6. The van der Waals surface area contributed by atoms with E-state index in [9.17, 15) is 0 Å². The molecule has 0 aliphatic heterocycles. The van der Waals surface area contributed by atoms with Crippen LogP contribution in [0.4, 0.5) is 0 Å². The van der Waals surface area contributed by atoms with Crippen molar-refractivity contribution in [2.75, 3.05) is 12.8 Å². The first-order chi connectivity index (χ1) is 7.22. The smallest absolute Gasteiger partial charge is 0.0960 e. The summed E-state index contributed by atoms with van der Waals surface area (Å²) < 4.78 is 0. The van der Waals surface area contributed by atoms with Crippen LogP contribution in [0.15, 0.2) is 23.4 Å². The lowest BCUT2D eigenvalue weighted by Crippen LogP contribution is -2.05. The van der Waals surface area contributed by atoms with Crippen LogP contribution in [0.5, 0.6) is 0 Å². The summed E-state index contributed by atoms with van der Waals surface area (Å²) in [5, 5.41) is 4.25. The van der Waals surface area contributed by atoms with Crippen LogP contribution in [0.3, 0.4) is 0 Å². The monoisotopic (exact) mass is 224 g/mol. The van der Waals surface area contributed by atoms with Crippen molar-refractivity contribution >= 4 is 11.8 Å². The van der Waals surface area contributed by atoms with Crippen LogP contribution < -0.4 is 5.32 Å². The molecule has 3 heteroatoms. The molecule has 1 aromatic rings. The SMILES string of the molecule is CNCc1ccc(SCCC(C)C)nc1. The minimum Gasteiger partial charge on any atom is -0.316 e. The molecule has 0 aliphatic carbocycles. The third kappa shape index (κ3) is 5.19. The van der Waals surface area contributed by atoms with Gasteiger partial charge in [-0.2, -0.15) is 0 Å². The lowest BCUT2D eigenvalue weighted by molar-refractivity contribution is 0.632. The van der Waals surface area contributed by atoms with Gasteiger partial charge in [0.05, 0.1) is 5.03 Å². The van der Waals surface area contributed by atoms with Gasteiger partial charge in [0.2, 0.25) is 0 Å². The predicted octanol–water partition coefficient (Wildman–Crippen LogP) is 2.94. The average Bonchev–Trinajstić information content (AvgIpc) is 2.20. The minimum atomic E-state index is 0.779. The number of pyridine rings is 1. The van der Waals surface area contributed by atoms with Gasteiger partial charge >= 0.3 is 0 Å². The lowest BCUT2D eigenvalue weighted by Gasteiger charge is -2.04. The Hall–Kier alpha value is -0.540. The van der Waals surface area contributed by atoms with Crippen molar-refractivity contribution in [3.63, 3.8) is 0 Å². The molecule has 1 aromatic heterocycles. The lowest BCUT2D eigenvalue weighted by atomic mass is 10.2. The van der Waals surface area contributed by atoms with Crippen molar-refractivity contribution in [3.05, 3.63) is 23.9 Å². The third-order valence-electron chi connectivity index (χ3n) is 2.12. The molecular weight excluding hydrogens is 204 g/mol. The van der Waals surface area contributed by atoms with E-state index in [1.807, 2.05) is 25.0 Å². The highest BCUT2D eigenvalue weighted by Gasteiger charge is 1.98. The quantitative estimate of drug-likeness (QED) is 0.752. The van der Waals surface area contributed by atoms with Crippen molar-refractivity contribution < 1.29 is 0 Å². The van der Waals surface area contributed by atoms with Gasteiger partial charge in [0, 0.05) is 12.7 Å². The summed E-state index contributed by atoms with van der Waals surface area (Å²) in [6.07, 6.45) is 3.21. The molecule has 0 radical (unpaired) electrons. The van der Waals surface area contributed by atoms with E-state index >= 15 is 0 Å². The van der Waals surface area contributed by atoms with Gasteiger partial charge < -0.3 is 5.32 Å². The fraction of sp³-hybridized carbons (Fsp3) is 0.583. The second-order valence-electron chi connectivity index (χ2n) is 4.07. The molecular formula is C12H20N2S. The molecule has 1 heterocycles. The average molecular weight is 224 g/mol. The van der Waals surface area contributed by atoms with Crippen LogP contribution in [0.2, 0.25) is 0 Å². The van der Waals surface area contributed by atoms with E-state index in [2.05, 4.69) is 36.3 Å². The van der Waals surface area contributed by atoms with Crippen LogP contribution in [0, 0.1) is 5.92 Å². The Morgan fingerprint density at radius 1 is 1.40 bits per heavy atom. The highest BCUT2D eigenvalue weighted by molar-refractivity contribution is 7.99. The number of thioether (sulfide) groups is 1. The molecule has 0 saturated heterocycles. The number of aromatic nitrogens is 1. The highest BCUT2D eigenvalue weighted by atomic mass is 32.2. The fourth-order valence-electron chi connectivity index (χ4n) is 1.20. The second kappa shape index (κ2) is 6.85. The topological polar surface area (TPSA) is 24.9 Å². The predicted molar refractivity (Wildman–Crippen MR) is 67.2 cm³/mol. The summed E-state index contributed by atoms with van der Waals surface area (Å²) in [7, 11) is 1.95. The Balaban J connectivity index is 2.36. The first kappa shape index (κ1) is 12.5. The van der Waals surface area contributed by atoms with Gasteiger partial charge in [0.25, 0.3) is 0 Å². The zero-order valence-electron chi connectivity index (χ0n) is 9.79. The fourth-order valence-corrected chi connectivity index (χ4v) is 2.29. The van der Waals surface area contributed by atoms with Crippen LogP contribution in [-0.2, 0) is 6.54 Å². The summed E-state index contributed by atoms with van der Waals surface area (Å²) in [4.78, 5) is 4.42. The maximum Gasteiger partial charge on any atom is 0.0960 e. The Kier molecular flexibility index (Phi) is 5.73. The third-order valence-corrected chi connectivity index (χ3v) is 3.10. The van der Waals surface area contributed by atoms with Crippen molar-refractivity contribution in [1.82, 2.24) is 10.3 Å². The molecule has 0 atom stereocenters. The molecule has 0 bridgehead atoms. The molecule has 1 N–H and O–H groups in total. The van der Waals surface area contributed by atoms with Crippen LogP contribution >= 0.6 is 11.8 Å². The first-order valence-electron chi connectivity index (χ1n) is 5.44.